The lowest BCUT2D eigenvalue weighted by Crippen LogP contribution is -2.32. The minimum Gasteiger partial charge on any atom is -0.350 e. The molecule has 0 unspecified atom stereocenters. The third-order valence-corrected chi connectivity index (χ3v) is 5.42. The molecule has 6 heteroatoms. The van der Waals surface area contributed by atoms with E-state index in [4.69, 9.17) is 23.2 Å². The Labute approximate surface area is 184 Å². The second kappa shape index (κ2) is 7.98. The summed E-state index contributed by atoms with van der Waals surface area (Å²) < 4.78 is 0. The van der Waals surface area contributed by atoms with Crippen LogP contribution in [0.3, 0.4) is 0 Å². The number of nitrogens with zero attached hydrogens (tertiary/aromatic N) is 1. The number of anilines is 2. The molecule has 3 aromatic rings. The van der Waals surface area contributed by atoms with Crippen molar-refractivity contribution in [2.45, 2.75) is 13.8 Å². The van der Waals surface area contributed by atoms with Crippen LogP contribution in [-0.2, 0) is 9.59 Å². The zero-order chi connectivity index (χ0) is 21.4. The van der Waals surface area contributed by atoms with Gasteiger partial charge < -0.3 is 5.32 Å². The summed E-state index contributed by atoms with van der Waals surface area (Å²) in [4.78, 5) is 28.0. The van der Waals surface area contributed by atoms with Crippen LogP contribution in [0.2, 0.25) is 10.0 Å². The summed E-state index contributed by atoms with van der Waals surface area (Å²) in [7, 11) is 0. The Kier molecular flexibility index (Phi) is 5.37. The van der Waals surface area contributed by atoms with Crippen LogP contribution in [0, 0.1) is 13.8 Å². The molecule has 2 amide bonds. The van der Waals surface area contributed by atoms with Crippen LogP contribution in [-0.4, -0.2) is 11.8 Å². The van der Waals surface area contributed by atoms with E-state index in [9.17, 15) is 9.59 Å². The number of benzene rings is 3. The molecule has 0 fully saturated rings. The largest absolute Gasteiger partial charge is 0.350 e. The van der Waals surface area contributed by atoms with Crippen LogP contribution in [0.15, 0.2) is 72.4 Å². The van der Waals surface area contributed by atoms with Crippen LogP contribution in [0.4, 0.5) is 11.4 Å². The molecule has 0 aromatic heterocycles. The molecule has 0 aliphatic carbocycles. The standard InChI is InChI=1S/C24H18Cl2N2O2/c1-14-4-3-5-19(12-14)28-23(29)21(16-7-10-17(25)11-8-16)22(24(28)30)27-20-13-18(26)9-6-15(20)2/h3-13,27H,1-2H3. The highest BCUT2D eigenvalue weighted by molar-refractivity contribution is 6.46. The lowest BCUT2D eigenvalue weighted by Gasteiger charge is -2.16. The molecule has 0 spiro atoms. The van der Waals surface area contributed by atoms with Gasteiger partial charge in [-0.15, -0.1) is 0 Å². The Bertz CT molecular complexity index is 1200. The minimum atomic E-state index is -0.421. The average molecular weight is 437 g/mol. The third kappa shape index (κ3) is 3.72. The van der Waals surface area contributed by atoms with Gasteiger partial charge in [-0.05, 0) is 66.9 Å². The second-order valence-corrected chi connectivity index (χ2v) is 8.00. The molecule has 0 bridgehead atoms. The van der Waals surface area contributed by atoms with Crippen LogP contribution < -0.4 is 10.2 Å². The molecule has 0 atom stereocenters. The van der Waals surface area contributed by atoms with Gasteiger partial charge >= 0.3 is 0 Å². The number of rotatable bonds is 4. The van der Waals surface area contributed by atoms with E-state index in [0.717, 1.165) is 11.1 Å². The van der Waals surface area contributed by atoms with Gasteiger partial charge in [0.1, 0.15) is 5.70 Å². The van der Waals surface area contributed by atoms with E-state index >= 15 is 0 Å². The molecule has 30 heavy (non-hydrogen) atoms. The maximum atomic E-state index is 13.4. The minimum absolute atomic E-state index is 0.203. The van der Waals surface area contributed by atoms with Crippen molar-refractivity contribution in [3.63, 3.8) is 0 Å². The fourth-order valence-corrected chi connectivity index (χ4v) is 3.69. The second-order valence-electron chi connectivity index (χ2n) is 7.13. The monoisotopic (exact) mass is 436 g/mol. The predicted molar refractivity (Wildman–Crippen MR) is 122 cm³/mol. The van der Waals surface area contributed by atoms with Gasteiger partial charge in [-0.1, -0.05) is 53.5 Å². The number of halogens is 2. The van der Waals surface area contributed by atoms with Crippen LogP contribution in [0.1, 0.15) is 16.7 Å². The average Bonchev–Trinajstić information content (AvgIpc) is 2.95. The molecule has 1 N–H and O–H groups in total. The Morgan fingerprint density at radius 2 is 1.50 bits per heavy atom. The molecule has 3 aromatic carbocycles. The summed E-state index contributed by atoms with van der Waals surface area (Å²) in [5, 5.41) is 4.24. The lowest BCUT2D eigenvalue weighted by molar-refractivity contribution is -0.120. The predicted octanol–water partition coefficient (Wildman–Crippen LogP) is 6.01. The molecule has 1 aliphatic rings. The Hall–Kier alpha value is -3.08. The van der Waals surface area contributed by atoms with E-state index in [1.165, 1.54) is 4.90 Å². The Balaban J connectivity index is 1.85. The molecular weight excluding hydrogens is 419 g/mol. The molecule has 4 nitrogen and oxygen atoms in total. The maximum Gasteiger partial charge on any atom is 0.282 e. The number of carbonyl (C=O) groups is 2. The van der Waals surface area contributed by atoms with Crippen molar-refractivity contribution < 1.29 is 9.59 Å². The summed E-state index contributed by atoms with van der Waals surface area (Å²) in [6.07, 6.45) is 0. The van der Waals surface area contributed by atoms with Gasteiger partial charge in [-0.2, -0.15) is 0 Å². The number of amides is 2. The molecule has 1 aliphatic heterocycles. The van der Waals surface area contributed by atoms with E-state index in [-0.39, 0.29) is 11.3 Å². The number of carbonyl (C=O) groups excluding carboxylic acids is 2. The summed E-state index contributed by atoms with van der Waals surface area (Å²) in [6, 6.07) is 19.5. The van der Waals surface area contributed by atoms with E-state index in [2.05, 4.69) is 5.32 Å². The number of hydrogen-bond acceptors (Lipinski definition) is 3. The highest BCUT2D eigenvalue weighted by Crippen LogP contribution is 2.35. The van der Waals surface area contributed by atoms with Crippen molar-refractivity contribution in [3.05, 3.63) is 99.2 Å². The first-order valence-electron chi connectivity index (χ1n) is 9.34. The van der Waals surface area contributed by atoms with Crippen LogP contribution >= 0.6 is 23.2 Å². The van der Waals surface area contributed by atoms with Gasteiger partial charge in [-0.25, -0.2) is 4.90 Å². The van der Waals surface area contributed by atoms with Gasteiger partial charge in [0.2, 0.25) is 0 Å². The Morgan fingerprint density at radius 1 is 0.800 bits per heavy atom. The van der Waals surface area contributed by atoms with Crippen LogP contribution in [0.5, 0.6) is 0 Å². The number of nitrogens with one attached hydrogen (secondary N) is 1. The zero-order valence-electron chi connectivity index (χ0n) is 16.4. The summed E-state index contributed by atoms with van der Waals surface area (Å²) in [6.45, 7) is 3.82. The molecule has 150 valence electrons. The first-order valence-corrected chi connectivity index (χ1v) is 10.1. The summed E-state index contributed by atoms with van der Waals surface area (Å²) in [5.74, 6) is -0.815. The van der Waals surface area contributed by atoms with Crippen molar-refractivity contribution in [1.82, 2.24) is 0 Å². The zero-order valence-corrected chi connectivity index (χ0v) is 17.9. The van der Waals surface area contributed by atoms with Gasteiger partial charge in [-0.3, -0.25) is 9.59 Å². The summed E-state index contributed by atoms with van der Waals surface area (Å²) >= 11 is 12.2. The topological polar surface area (TPSA) is 49.4 Å². The third-order valence-electron chi connectivity index (χ3n) is 4.94. The van der Waals surface area contributed by atoms with Crippen molar-refractivity contribution in [2.75, 3.05) is 10.2 Å². The molecule has 1 heterocycles. The van der Waals surface area contributed by atoms with Gasteiger partial charge in [0, 0.05) is 15.7 Å². The van der Waals surface area contributed by atoms with Gasteiger partial charge in [0.25, 0.3) is 11.8 Å². The molecule has 0 saturated carbocycles. The van der Waals surface area contributed by atoms with E-state index < -0.39 is 11.8 Å². The SMILES string of the molecule is Cc1cccc(N2C(=O)C(Nc3cc(Cl)ccc3C)=C(c3ccc(Cl)cc3)C2=O)c1. The summed E-state index contributed by atoms with van der Waals surface area (Å²) in [5.41, 5.74) is 4.14. The smallest absolute Gasteiger partial charge is 0.282 e. The maximum absolute atomic E-state index is 13.4. The van der Waals surface area contributed by atoms with Gasteiger partial charge in [0.05, 0.1) is 11.3 Å². The molecule has 0 radical (unpaired) electrons. The lowest BCUT2D eigenvalue weighted by atomic mass is 10.0. The van der Waals surface area contributed by atoms with Crippen molar-refractivity contribution in [2.24, 2.45) is 0 Å². The van der Waals surface area contributed by atoms with Gasteiger partial charge in [0.15, 0.2) is 0 Å². The number of aryl methyl sites for hydroxylation is 2. The highest BCUT2D eigenvalue weighted by Gasteiger charge is 2.40. The van der Waals surface area contributed by atoms with Crippen LogP contribution in [0.25, 0.3) is 5.57 Å². The number of hydrogen-bond donors (Lipinski definition) is 1. The fourth-order valence-electron chi connectivity index (χ4n) is 3.40. The fraction of sp³-hybridized carbons (Fsp3) is 0.0833. The quantitative estimate of drug-likeness (QED) is 0.509. The molecule has 0 saturated heterocycles. The van der Waals surface area contributed by atoms with Crippen molar-refractivity contribution in [1.29, 1.82) is 0 Å². The van der Waals surface area contributed by atoms with Crippen molar-refractivity contribution >= 4 is 52.0 Å². The normalized spacial score (nSPS) is 13.9. The first-order chi connectivity index (χ1) is 14.3. The van der Waals surface area contributed by atoms with E-state index in [0.29, 0.717) is 27.0 Å². The Morgan fingerprint density at radius 3 is 2.20 bits per heavy atom. The molecule has 4 rings (SSSR count). The molecular formula is C24H18Cl2N2O2. The highest BCUT2D eigenvalue weighted by atomic mass is 35.5. The first kappa shape index (κ1) is 20.2. The number of imide groups is 1. The van der Waals surface area contributed by atoms with E-state index in [1.54, 1.807) is 42.5 Å². The van der Waals surface area contributed by atoms with E-state index in [1.807, 2.05) is 38.1 Å². The van der Waals surface area contributed by atoms with Crippen molar-refractivity contribution in [3.8, 4) is 0 Å².